The Balaban J connectivity index is 1.57. The van der Waals surface area contributed by atoms with Crippen LogP contribution in [-0.4, -0.2) is 43.7 Å². The average Bonchev–Trinajstić information content (AvgIpc) is 2.70. The number of carbonyl (C=O) groups excluding carboxylic acids is 1. The van der Waals surface area contributed by atoms with E-state index < -0.39 is 0 Å². The van der Waals surface area contributed by atoms with Crippen molar-refractivity contribution in [3.63, 3.8) is 0 Å². The second-order valence-corrected chi connectivity index (χ2v) is 7.44. The van der Waals surface area contributed by atoms with Gasteiger partial charge in [-0.1, -0.05) is 53.6 Å². The van der Waals surface area contributed by atoms with Crippen LogP contribution in [0.2, 0.25) is 5.02 Å². The minimum Gasteiger partial charge on any atom is -0.379 e. The Kier molecular flexibility index (Phi) is 7.27. The first-order chi connectivity index (χ1) is 13.1. The third kappa shape index (κ3) is 6.06. The van der Waals surface area contributed by atoms with Gasteiger partial charge in [-0.2, -0.15) is 0 Å². The zero-order chi connectivity index (χ0) is 19.1. The number of amides is 1. The lowest BCUT2D eigenvalue weighted by Gasteiger charge is -2.35. The first-order valence-corrected chi connectivity index (χ1v) is 9.89. The van der Waals surface area contributed by atoms with Crippen molar-refractivity contribution in [1.29, 1.82) is 0 Å². The standard InChI is InChI=1S/C22H27ClN2O2/c1-17-2-4-18(5-3-17)6-11-22(26)24-16-21(25-12-14-27-15-13-25)19-7-9-20(23)10-8-19/h2-5,7-10,21H,6,11-16H2,1H3,(H,24,26). The number of rotatable bonds is 7. The van der Waals surface area contributed by atoms with Gasteiger partial charge < -0.3 is 10.1 Å². The molecular formula is C22H27ClN2O2. The van der Waals surface area contributed by atoms with Crippen molar-refractivity contribution in [2.75, 3.05) is 32.8 Å². The summed E-state index contributed by atoms with van der Waals surface area (Å²) in [4.78, 5) is 14.7. The highest BCUT2D eigenvalue weighted by molar-refractivity contribution is 6.30. The SMILES string of the molecule is Cc1ccc(CCC(=O)NCC(c2ccc(Cl)cc2)N2CCOCC2)cc1. The lowest BCUT2D eigenvalue weighted by molar-refractivity contribution is -0.121. The van der Waals surface area contributed by atoms with E-state index in [-0.39, 0.29) is 11.9 Å². The summed E-state index contributed by atoms with van der Waals surface area (Å²) in [5.41, 5.74) is 3.60. The van der Waals surface area contributed by atoms with Gasteiger partial charge in [0.1, 0.15) is 0 Å². The number of carbonyl (C=O) groups is 1. The van der Waals surface area contributed by atoms with Crippen LogP contribution in [0.3, 0.4) is 0 Å². The molecule has 1 atom stereocenters. The first kappa shape index (κ1) is 19.9. The van der Waals surface area contributed by atoms with Crippen LogP contribution in [0.25, 0.3) is 0 Å². The smallest absolute Gasteiger partial charge is 0.220 e. The maximum Gasteiger partial charge on any atom is 0.220 e. The summed E-state index contributed by atoms with van der Waals surface area (Å²) < 4.78 is 5.48. The fraction of sp³-hybridized carbons (Fsp3) is 0.409. The molecule has 1 saturated heterocycles. The lowest BCUT2D eigenvalue weighted by Crippen LogP contribution is -2.43. The minimum atomic E-state index is 0.0859. The molecule has 1 unspecified atom stereocenters. The normalized spacial score (nSPS) is 16.1. The summed E-state index contributed by atoms with van der Waals surface area (Å²) in [5, 5.41) is 3.84. The molecular weight excluding hydrogens is 360 g/mol. The van der Waals surface area contributed by atoms with Gasteiger partial charge >= 0.3 is 0 Å². The van der Waals surface area contributed by atoms with Gasteiger partial charge in [0, 0.05) is 31.1 Å². The molecule has 1 N–H and O–H groups in total. The van der Waals surface area contributed by atoms with E-state index in [1.165, 1.54) is 16.7 Å². The van der Waals surface area contributed by atoms with E-state index in [9.17, 15) is 4.79 Å². The molecule has 1 heterocycles. The van der Waals surface area contributed by atoms with E-state index in [2.05, 4.69) is 41.4 Å². The Labute approximate surface area is 166 Å². The van der Waals surface area contributed by atoms with Gasteiger partial charge in [0.05, 0.1) is 19.3 Å². The maximum absolute atomic E-state index is 12.4. The van der Waals surface area contributed by atoms with Gasteiger partial charge in [0.25, 0.3) is 0 Å². The Morgan fingerprint density at radius 1 is 1.11 bits per heavy atom. The summed E-state index contributed by atoms with van der Waals surface area (Å²) in [7, 11) is 0. The molecule has 3 rings (SSSR count). The van der Waals surface area contributed by atoms with E-state index >= 15 is 0 Å². The number of ether oxygens (including phenoxy) is 1. The number of hydrogen-bond acceptors (Lipinski definition) is 3. The highest BCUT2D eigenvalue weighted by Gasteiger charge is 2.23. The van der Waals surface area contributed by atoms with Crippen LogP contribution >= 0.6 is 11.6 Å². The summed E-state index contributed by atoms with van der Waals surface area (Å²) >= 11 is 6.04. The van der Waals surface area contributed by atoms with Crippen LogP contribution in [0.5, 0.6) is 0 Å². The van der Waals surface area contributed by atoms with Crippen molar-refractivity contribution >= 4 is 17.5 Å². The molecule has 1 aliphatic rings. The van der Waals surface area contributed by atoms with E-state index in [0.717, 1.165) is 37.7 Å². The molecule has 2 aromatic rings. The van der Waals surface area contributed by atoms with E-state index in [4.69, 9.17) is 16.3 Å². The molecule has 0 aromatic heterocycles. The number of aryl methyl sites for hydroxylation is 2. The van der Waals surface area contributed by atoms with Crippen molar-refractivity contribution in [2.45, 2.75) is 25.8 Å². The number of halogens is 1. The Hall–Kier alpha value is -1.88. The Morgan fingerprint density at radius 3 is 2.44 bits per heavy atom. The molecule has 1 aliphatic heterocycles. The molecule has 0 radical (unpaired) electrons. The van der Waals surface area contributed by atoms with E-state index in [1.807, 2.05) is 24.3 Å². The molecule has 5 heteroatoms. The zero-order valence-corrected chi connectivity index (χ0v) is 16.5. The first-order valence-electron chi connectivity index (χ1n) is 9.51. The number of nitrogens with one attached hydrogen (secondary N) is 1. The average molecular weight is 387 g/mol. The van der Waals surface area contributed by atoms with Crippen molar-refractivity contribution in [3.05, 3.63) is 70.2 Å². The van der Waals surface area contributed by atoms with Crippen LogP contribution < -0.4 is 5.32 Å². The molecule has 27 heavy (non-hydrogen) atoms. The summed E-state index contributed by atoms with van der Waals surface area (Å²) in [6, 6.07) is 16.4. The molecule has 0 bridgehead atoms. The van der Waals surface area contributed by atoms with Crippen molar-refractivity contribution in [2.24, 2.45) is 0 Å². The number of benzene rings is 2. The fourth-order valence-electron chi connectivity index (χ4n) is 3.34. The van der Waals surface area contributed by atoms with Gasteiger partial charge in [-0.3, -0.25) is 9.69 Å². The number of hydrogen-bond donors (Lipinski definition) is 1. The van der Waals surface area contributed by atoms with Gasteiger partial charge in [-0.15, -0.1) is 0 Å². The summed E-state index contributed by atoms with van der Waals surface area (Å²) in [6.45, 7) is 5.85. The lowest BCUT2D eigenvalue weighted by atomic mass is 10.0. The monoisotopic (exact) mass is 386 g/mol. The Bertz CT molecular complexity index is 725. The molecule has 0 spiro atoms. The number of morpholine rings is 1. The highest BCUT2D eigenvalue weighted by Crippen LogP contribution is 2.23. The van der Waals surface area contributed by atoms with Crippen molar-refractivity contribution < 1.29 is 9.53 Å². The van der Waals surface area contributed by atoms with Gasteiger partial charge in [-0.25, -0.2) is 0 Å². The Morgan fingerprint density at radius 2 is 1.78 bits per heavy atom. The van der Waals surface area contributed by atoms with Crippen LogP contribution in [-0.2, 0) is 16.0 Å². The number of nitrogens with zero attached hydrogens (tertiary/aromatic N) is 1. The van der Waals surface area contributed by atoms with Crippen LogP contribution in [0.15, 0.2) is 48.5 Å². The molecule has 2 aromatic carbocycles. The maximum atomic E-state index is 12.4. The summed E-state index contributed by atoms with van der Waals surface area (Å²) in [6.07, 6.45) is 1.26. The van der Waals surface area contributed by atoms with E-state index in [1.54, 1.807) is 0 Å². The predicted octanol–water partition coefficient (Wildman–Crippen LogP) is 3.77. The molecule has 144 valence electrons. The van der Waals surface area contributed by atoms with Crippen molar-refractivity contribution in [1.82, 2.24) is 10.2 Å². The molecule has 1 fully saturated rings. The van der Waals surface area contributed by atoms with Crippen LogP contribution in [0, 0.1) is 6.92 Å². The quantitative estimate of drug-likeness (QED) is 0.787. The molecule has 0 aliphatic carbocycles. The zero-order valence-electron chi connectivity index (χ0n) is 15.8. The second kappa shape index (κ2) is 9.88. The highest BCUT2D eigenvalue weighted by atomic mass is 35.5. The van der Waals surface area contributed by atoms with E-state index in [0.29, 0.717) is 13.0 Å². The van der Waals surface area contributed by atoms with Crippen LogP contribution in [0.1, 0.15) is 29.2 Å². The van der Waals surface area contributed by atoms with Crippen LogP contribution in [0.4, 0.5) is 0 Å². The van der Waals surface area contributed by atoms with Gasteiger partial charge in [0.2, 0.25) is 5.91 Å². The summed E-state index contributed by atoms with van der Waals surface area (Å²) in [5.74, 6) is 0.0859. The predicted molar refractivity (Wildman–Crippen MR) is 109 cm³/mol. The molecule has 4 nitrogen and oxygen atoms in total. The minimum absolute atomic E-state index is 0.0859. The van der Waals surface area contributed by atoms with Gasteiger partial charge in [0.15, 0.2) is 0 Å². The topological polar surface area (TPSA) is 41.6 Å². The third-order valence-electron chi connectivity index (χ3n) is 5.00. The van der Waals surface area contributed by atoms with Crippen molar-refractivity contribution in [3.8, 4) is 0 Å². The second-order valence-electron chi connectivity index (χ2n) is 7.01. The molecule has 1 amide bonds. The fourth-order valence-corrected chi connectivity index (χ4v) is 3.47. The van der Waals surface area contributed by atoms with Gasteiger partial charge in [-0.05, 0) is 36.6 Å². The largest absolute Gasteiger partial charge is 0.379 e. The third-order valence-corrected chi connectivity index (χ3v) is 5.25. The molecule has 0 saturated carbocycles.